The van der Waals surface area contributed by atoms with Gasteiger partial charge in [0.25, 0.3) is 0 Å². The molecule has 0 aliphatic carbocycles. The Bertz CT molecular complexity index is 1760. The van der Waals surface area contributed by atoms with Gasteiger partial charge in [-0.2, -0.15) is 5.10 Å². The predicted molar refractivity (Wildman–Crippen MR) is 173 cm³/mol. The number of nitrogens with zero attached hydrogens (tertiary/aromatic N) is 2. The van der Waals surface area contributed by atoms with Gasteiger partial charge >= 0.3 is 5.97 Å². The van der Waals surface area contributed by atoms with E-state index in [1.807, 2.05) is 49.5 Å². The third-order valence-corrected chi connectivity index (χ3v) is 8.44. The highest BCUT2D eigenvalue weighted by molar-refractivity contribution is 6.04. The lowest BCUT2D eigenvalue weighted by molar-refractivity contribution is -0.161. The summed E-state index contributed by atoms with van der Waals surface area (Å²) in [5.74, 6) is 0.457. The van der Waals surface area contributed by atoms with Gasteiger partial charge in [0.05, 0.1) is 43.3 Å². The van der Waals surface area contributed by atoms with Crippen LogP contribution in [0, 0.1) is 0 Å². The van der Waals surface area contributed by atoms with Crippen LogP contribution >= 0.6 is 0 Å². The average molecular weight is 612 g/mol. The zero-order chi connectivity index (χ0) is 31.2. The zero-order valence-electron chi connectivity index (χ0n) is 26.0. The largest absolute Gasteiger partial charge is 0.493 e. The second-order valence-corrected chi connectivity index (χ2v) is 11.3. The fraction of sp³-hybridized carbons (Fsp3) is 0.389. The number of H-pyrrole nitrogens is 1. The summed E-state index contributed by atoms with van der Waals surface area (Å²) in [7, 11) is 1.84. The third-order valence-electron chi connectivity index (χ3n) is 8.44. The van der Waals surface area contributed by atoms with Gasteiger partial charge in [-0.1, -0.05) is 54.6 Å². The number of aliphatic hydroxyl groups excluding tert-OH is 1. The van der Waals surface area contributed by atoms with Gasteiger partial charge in [-0.15, -0.1) is 0 Å². The molecule has 6 rings (SSSR count). The van der Waals surface area contributed by atoms with Crippen molar-refractivity contribution in [2.75, 3.05) is 26.4 Å². The lowest BCUT2D eigenvalue weighted by Gasteiger charge is -2.22. The Morgan fingerprint density at radius 2 is 1.87 bits per heavy atom. The molecule has 1 aliphatic rings. The molecule has 1 atom stereocenters. The molecule has 1 fully saturated rings. The Morgan fingerprint density at radius 1 is 1.04 bits per heavy atom. The summed E-state index contributed by atoms with van der Waals surface area (Å²) in [6, 6.07) is 20.3. The second-order valence-electron chi connectivity index (χ2n) is 11.3. The van der Waals surface area contributed by atoms with E-state index in [1.54, 1.807) is 11.6 Å². The molecule has 0 saturated carbocycles. The van der Waals surface area contributed by atoms with E-state index >= 15 is 0 Å². The summed E-state index contributed by atoms with van der Waals surface area (Å²) < 4.78 is 25.2. The molecule has 0 spiro atoms. The molecule has 45 heavy (non-hydrogen) atoms. The maximum absolute atomic E-state index is 13.2. The molecule has 0 radical (unpaired) electrons. The second kappa shape index (κ2) is 14.3. The molecular weight excluding hydrogens is 570 g/mol. The first-order valence-corrected chi connectivity index (χ1v) is 15.9. The minimum atomic E-state index is -0.390. The standard InChI is InChI=1S/C36H41N3O6/c1-3-42-36(41)35-27(16-10-21-43-31-17-8-12-24-11-4-5-13-25(24)31)26-14-9-15-28(34(26)37-35)33-29(38-39(2)30(33)23-40)19-22-45-32-18-6-7-20-44-32/h4-5,8-9,11-15,17,32,37,40H,3,6-7,10,16,18-23H2,1-2H3. The van der Waals surface area contributed by atoms with Gasteiger partial charge in [-0.05, 0) is 56.0 Å². The Kier molecular flexibility index (Phi) is 9.78. The molecule has 9 heteroatoms. The third kappa shape index (κ3) is 6.61. The number of fused-ring (bicyclic) bond motifs is 2. The van der Waals surface area contributed by atoms with Gasteiger partial charge in [-0.25, -0.2) is 4.79 Å². The van der Waals surface area contributed by atoms with Gasteiger partial charge in [-0.3, -0.25) is 4.68 Å². The number of carbonyl (C=O) groups is 1. The average Bonchev–Trinajstić information content (AvgIpc) is 3.60. The number of nitrogens with one attached hydrogen (secondary N) is 1. The maximum Gasteiger partial charge on any atom is 0.355 e. The number of aromatic nitrogens is 3. The van der Waals surface area contributed by atoms with Gasteiger partial charge < -0.3 is 29.0 Å². The summed E-state index contributed by atoms with van der Waals surface area (Å²) in [6.07, 6.45) is 4.75. The normalized spacial score (nSPS) is 15.1. The molecule has 2 aromatic heterocycles. The number of aryl methyl sites for hydroxylation is 2. The number of aliphatic hydroxyl groups is 1. The molecule has 0 amide bonds. The number of hydrogen-bond donors (Lipinski definition) is 2. The van der Waals surface area contributed by atoms with Crippen molar-refractivity contribution in [1.29, 1.82) is 0 Å². The van der Waals surface area contributed by atoms with Crippen LogP contribution in [0.1, 0.15) is 60.0 Å². The number of esters is 1. The number of hydrogen-bond acceptors (Lipinski definition) is 7. The Labute approximate surface area is 263 Å². The fourth-order valence-electron chi connectivity index (χ4n) is 6.29. The predicted octanol–water partition coefficient (Wildman–Crippen LogP) is 6.49. The molecule has 5 aromatic rings. The van der Waals surface area contributed by atoms with Crippen LogP contribution in [-0.2, 0) is 40.7 Å². The SMILES string of the molecule is CCOC(=O)c1[nH]c2c(-c3c(CCOC4CCCCO4)nn(C)c3CO)cccc2c1CCCOc1cccc2ccccc12. The van der Waals surface area contributed by atoms with Crippen LogP contribution in [0.25, 0.3) is 32.8 Å². The summed E-state index contributed by atoms with van der Waals surface area (Å²) in [5.41, 5.74) is 5.38. The first-order chi connectivity index (χ1) is 22.1. The van der Waals surface area contributed by atoms with Crippen LogP contribution in [0.4, 0.5) is 0 Å². The number of ether oxygens (including phenoxy) is 4. The summed E-state index contributed by atoms with van der Waals surface area (Å²) >= 11 is 0. The van der Waals surface area contributed by atoms with E-state index < -0.39 is 0 Å². The molecule has 2 N–H and O–H groups in total. The van der Waals surface area contributed by atoms with Gasteiger partial charge in [0.15, 0.2) is 6.29 Å². The highest BCUT2D eigenvalue weighted by Gasteiger charge is 2.25. The van der Waals surface area contributed by atoms with Crippen molar-refractivity contribution in [3.63, 3.8) is 0 Å². The van der Waals surface area contributed by atoms with Crippen molar-refractivity contribution in [2.45, 2.75) is 58.3 Å². The lowest BCUT2D eigenvalue weighted by atomic mass is 9.97. The smallest absolute Gasteiger partial charge is 0.355 e. The molecule has 236 valence electrons. The molecule has 1 aliphatic heterocycles. The van der Waals surface area contributed by atoms with Crippen LogP contribution in [0.15, 0.2) is 60.7 Å². The van der Waals surface area contributed by atoms with Crippen LogP contribution in [0.3, 0.4) is 0 Å². The van der Waals surface area contributed by atoms with Crippen molar-refractivity contribution in [1.82, 2.24) is 14.8 Å². The van der Waals surface area contributed by atoms with Crippen LogP contribution in [-0.4, -0.2) is 58.6 Å². The van der Waals surface area contributed by atoms with Crippen LogP contribution in [0.2, 0.25) is 0 Å². The first-order valence-electron chi connectivity index (χ1n) is 15.9. The number of rotatable bonds is 13. The summed E-state index contributed by atoms with van der Waals surface area (Å²) in [4.78, 5) is 16.6. The van der Waals surface area contributed by atoms with Crippen molar-refractivity contribution < 1.29 is 28.8 Å². The summed E-state index contributed by atoms with van der Waals surface area (Å²) in [5, 5.41) is 18.3. The molecule has 1 saturated heterocycles. The van der Waals surface area contributed by atoms with E-state index in [1.165, 1.54) is 0 Å². The first kappa shape index (κ1) is 30.8. The van der Waals surface area contributed by atoms with E-state index in [0.29, 0.717) is 43.9 Å². The highest BCUT2D eigenvalue weighted by atomic mass is 16.7. The Hall–Kier alpha value is -4.18. The van der Waals surface area contributed by atoms with Crippen molar-refractivity contribution in [3.05, 3.63) is 83.3 Å². The Balaban J connectivity index is 1.28. The Morgan fingerprint density at radius 3 is 2.69 bits per heavy atom. The lowest BCUT2D eigenvalue weighted by Crippen LogP contribution is -2.23. The van der Waals surface area contributed by atoms with E-state index in [2.05, 4.69) is 23.2 Å². The van der Waals surface area contributed by atoms with Crippen molar-refractivity contribution in [2.24, 2.45) is 7.05 Å². The number of benzene rings is 3. The summed E-state index contributed by atoms with van der Waals surface area (Å²) in [6.45, 7) is 3.58. The van der Waals surface area contributed by atoms with Crippen LogP contribution < -0.4 is 4.74 Å². The van der Waals surface area contributed by atoms with Gasteiger partial charge in [0.1, 0.15) is 11.4 Å². The maximum atomic E-state index is 13.2. The van der Waals surface area contributed by atoms with E-state index in [0.717, 1.165) is 75.7 Å². The quantitative estimate of drug-likeness (QED) is 0.116. The number of carbonyl (C=O) groups excluding carboxylic acids is 1. The van der Waals surface area contributed by atoms with E-state index in [-0.39, 0.29) is 25.5 Å². The molecule has 9 nitrogen and oxygen atoms in total. The van der Waals surface area contributed by atoms with E-state index in [9.17, 15) is 9.90 Å². The number of aromatic amines is 1. The molecule has 1 unspecified atom stereocenters. The zero-order valence-corrected chi connectivity index (χ0v) is 26.0. The molecule has 3 heterocycles. The van der Waals surface area contributed by atoms with Gasteiger partial charge in [0.2, 0.25) is 0 Å². The molecule has 0 bridgehead atoms. The monoisotopic (exact) mass is 611 g/mol. The van der Waals surface area contributed by atoms with Gasteiger partial charge in [0, 0.05) is 42.0 Å². The van der Waals surface area contributed by atoms with Crippen molar-refractivity contribution in [3.8, 4) is 16.9 Å². The topological polar surface area (TPSA) is 108 Å². The molecule has 3 aromatic carbocycles. The fourth-order valence-corrected chi connectivity index (χ4v) is 6.29. The minimum Gasteiger partial charge on any atom is -0.493 e. The van der Waals surface area contributed by atoms with E-state index in [4.69, 9.17) is 24.0 Å². The highest BCUT2D eigenvalue weighted by Crippen LogP contribution is 2.37. The van der Waals surface area contributed by atoms with Crippen LogP contribution in [0.5, 0.6) is 5.75 Å². The number of para-hydroxylation sites is 1. The molecular formula is C36H41N3O6. The minimum absolute atomic E-state index is 0.175. The van der Waals surface area contributed by atoms with Crippen molar-refractivity contribution >= 4 is 27.6 Å².